The number of allylic oxidation sites excluding steroid dienone is 1. The van der Waals surface area contributed by atoms with Crippen molar-refractivity contribution in [3.8, 4) is 0 Å². The molecule has 2 fully saturated rings. The van der Waals surface area contributed by atoms with Crippen LogP contribution < -0.4 is 0 Å². The van der Waals surface area contributed by atoms with E-state index >= 15 is 0 Å². The molecule has 4 heteroatoms. The summed E-state index contributed by atoms with van der Waals surface area (Å²) in [6.45, 7) is 11.4. The van der Waals surface area contributed by atoms with Gasteiger partial charge in [0.1, 0.15) is 0 Å². The van der Waals surface area contributed by atoms with Crippen LogP contribution in [0.25, 0.3) is 10.6 Å². The zero-order valence-corrected chi connectivity index (χ0v) is 14.9. The summed E-state index contributed by atoms with van der Waals surface area (Å²) in [6, 6.07) is 0. The summed E-state index contributed by atoms with van der Waals surface area (Å²) in [5.74, 6) is 1.66. The average molecular weight is 344 g/mol. The molecule has 14 heavy (non-hydrogen) atoms. The Balaban J connectivity index is 0. The largest absolute Gasteiger partial charge is 0.688 e. The van der Waals surface area contributed by atoms with Crippen LogP contribution in [0.5, 0.6) is 0 Å². The second-order valence-corrected chi connectivity index (χ2v) is 3.91. The number of nitrogens with zero attached hydrogens (tertiary/aromatic N) is 2. The van der Waals surface area contributed by atoms with Crippen molar-refractivity contribution >= 4 is 0 Å². The van der Waals surface area contributed by atoms with Crippen LogP contribution in [-0.2, 0) is 65.4 Å². The fraction of sp³-hybridized carbons (Fsp3) is 0.800. The van der Waals surface area contributed by atoms with Crippen molar-refractivity contribution in [3.05, 3.63) is 22.9 Å². The standard InChI is InChI=1S/C6H10N.C4H8N.2Y/c1-5-3-6(2)7-4-5;1-4-2-5-3-4;;/h5H,2-4H2,1H3;4H,2-3H2,1H3;;/q2*-1;;/t5-;;;/m1.../s1. The molecule has 2 nitrogen and oxygen atoms in total. The van der Waals surface area contributed by atoms with Crippen LogP contribution in [0, 0.1) is 11.8 Å². The number of hydrogen-bond acceptors (Lipinski definition) is 0. The minimum absolute atomic E-state index is 0. The Morgan fingerprint density at radius 1 is 1.07 bits per heavy atom. The van der Waals surface area contributed by atoms with E-state index in [0.29, 0.717) is 0 Å². The van der Waals surface area contributed by atoms with Crippen LogP contribution in [-0.4, -0.2) is 19.6 Å². The van der Waals surface area contributed by atoms with E-state index in [4.69, 9.17) is 0 Å². The number of hydrogen-bond donors (Lipinski definition) is 0. The zero-order valence-electron chi connectivity index (χ0n) is 9.24. The molecule has 0 aromatic carbocycles. The SMILES string of the molecule is C=C1C[C@@H](C)C[N-]1.CC1C[N-]C1.[Y].[Y]. The zero-order chi connectivity index (χ0) is 8.97. The van der Waals surface area contributed by atoms with Gasteiger partial charge >= 0.3 is 0 Å². The van der Waals surface area contributed by atoms with Gasteiger partial charge in [0.15, 0.2) is 0 Å². The van der Waals surface area contributed by atoms with Crippen molar-refractivity contribution in [2.75, 3.05) is 19.6 Å². The van der Waals surface area contributed by atoms with E-state index in [1.54, 1.807) is 0 Å². The van der Waals surface area contributed by atoms with Crippen molar-refractivity contribution in [1.29, 1.82) is 0 Å². The molecule has 2 radical (unpaired) electrons. The van der Waals surface area contributed by atoms with Crippen LogP contribution in [0.4, 0.5) is 0 Å². The summed E-state index contributed by atoms with van der Waals surface area (Å²) in [6.07, 6.45) is 1.11. The van der Waals surface area contributed by atoms with Crippen molar-refractivity contribution in [2.24, 2.45) is 11.8 Å². The van der Waals surface area contributed by atoms with Gasteiger partial charge in [-0.15, -0.1) is 26.2 Å². The van der Waals surface area contributed by atoms with Gasteiger partial charge in [-0.05, 0) is 6.42 Å². The summed E-state index contributed by atoms with van der Waals surface area (Å²) in [5.41, 5.74) is 1.08. The summed E-state index contributed by atoms with van der Waals surface area (Å²) in [4.78, 5) is 0. The van der Waals surface area contributed by atoms with Gasteiger partial charge in [-0.3, -0.25) is 0 Å². The second-order valence-electron chi connectivity index (χ2n) is 3.91. The van der Waals surface area contributed by atoms with Gasteiger partial charge in [0.2, 0.25) is 0 Å². The summed E-state index contributed by atoms with van der Waals surface area (Å²) in [5, 5.41) is 8.12. The maximum atomic E-state index is 4.12. The fourth-order valence-electron chi connectivity index (χ4n) is 1.20. The molecular weight excluding hydrogens is 326 g/mol. The molecule has 2 heterocycles. The molecule has 0 N–H and O–H groups in total. The molecule has 1 atom stereocenters. The van der Waals surface area contributed by atoms with E-state index in [-0.39, 0.29) is 65.4 Å². The van der Waals surface area contributed by atoms with Crippen molar-refractivity contribution in [3.63, 3.8) is 0 Å². The Bertz CT molecular complexity index is 158. The third-order valence-electron chi connectivity index (χ3n) is 2.09. The smallest absolute Gasteiger partial charge is 0 e. The van der Waals surface area contributed by atoms with E-state index in [1.165, 1.54) is 0 Å². The Morgan fingerprint density at radius 2 is 1.57 bits per heavy atom. The van der Waals surface area contributed by atoms with Gasteiger partial charge in [0.25, 0.3) is 0 Å². The van der Waals surface area contributed by atoms with Crippen molar-refractivity contribution in [1.82, 2.24) is 0 Å². The molecule has 0 aliphatic carbocycles. The molecule has 0 bridgehead atoms. The first kappa shape index (κ1) is 18.1. The normalized spacial score (nSPS) is 24.4. The number of rotatable bonds is 0. The minimum atomic E-state index is 0. The van der Waals surface area contributed by atoms with Gasteiger partial charge in [-0.25, -0.2) is 0 Å². The van der Waals surface area contributed by atoms with E-state index in [1.807, 2.05) is 0 Å². The Labute approximate surface area is 138 Å². The van der Waals surface area contributed by atoms with E-state index < -0.39 is 0 Å². The van der Waals surface area contributed by atoms with Gasteiger partial charge in [-0.1, -0.05) is 25.7 Å². The Hall–Kier alpha value is 1.71. The first-order valence-electron chi connectivity index (χ1n) is 4.67. The molecule has 0 amide bonds. The van der Waals surface area contributed by atoms with Crippen LogP contribution in [0.3, 0.4) is 0 Å². The maximum Gasteiger partial charge on any atom is 0 e. The van der Waals surface area contributed by atoms with E-state index in [0.717, 1.165) is 43.6 Å². The molecule has 0 unspecified atom stereocenters. The predicted molar refractivity (Wildman–Crippen MR) is 53.4 cm³/mol. The van der Waals surface area contributed by atoms with E-state index in [9.17, 15) is 0 Å². The first-order valence-corrected chi connectivity index (χ1v) is 4.67. The summed E-state index contributed by atoms with van der Waals surface area (Å²) in [7, 11) is 0. The second kappa shape index (κ2) is 9.90. The molecule has 2 aliphatic heterocycles. The van der Waals surface area contributed by atoms with Gasteiger partial charge in [0.05, 0.1) is 0 Å². The quantitative estimate of drug-likeness (QED) is 0.647. The van der Waals surface area contributed by atoms with Gasteiger partial charge < -0.3 is 10.6 Å². The molecule has 2 aliphatic rings. The molecule has 2 saturated heterocycles. The van der Waals surface area contributed by atoms with Crippen molar-refractivity contribution in [2.45, 2.75) is 20.3 Å². The molecule has 0 saturated carbocycles. The molecule has 2 rings (SSSR count). The molecule has 0 aromatic heterocycles. The van der Waals surface area contributed by atoms with Crippen LogP contribution in [0.1, 0.15) is 20.3 Å². The molecule has 76 valence electrons. The average Bonchev–Trinajstić information content (AvgIpc) is 2.32. The van der Waals surface area contributed by atoms with Gasteiger partial charge in [-0.2, -0.15) is 5.70 Å². The van der Waals surface area contributed by atoms with Crippen molar-refractivity contribution < 1.29 is 65.4 Å². The molecule has 0 spiro atoms. The summed E-state index contributed by atoms with van der Waals surface area (Å²) < 4.78 is 0. The monoisotopic (exact) mass is 344 g/mol. The summed E-state index contributed by atoms with van der Waals surface area (Å²) >= 11 is 0. The van der Waals surface area contributed by atoms with E-state index in [2.05, 4.69) is 31.1 Å². The maximum absolute atomic E-state index is 4.12. The topological polar surface area (TPSA) is 28.2 Å². The first-order chi connectivity index (χ1) is 5.68. The third kappa shape index (κ3) is 7.93. The minimum Gasteiger partial charge on any atom is -0.688 e. The third-order valence-corrected chi connectivity index (χ3v) is 2.09. The Morgan fingerprint density at radius 3 is 1.64 bits per heavy atom. The van der Waals surface area contributed by atoms with Gasteiger partial charge in [0, 0.05) is 65.4 Å². The van der Waals surface area contributed by atoms with Crippen LogP contribution in [0.2, 0.25) is 0 Å². The predicted octanol–water partition coefficient (Wildman–Crippen LogP) is 2.92. The van der Waals surface area contributed by atoms with Crippen LogP contribution >= 0.6 is 0 Å². The molecule has 0 aromatic rings. The molecular formula is C10H18N2Y2-2. The fourth-order valence-corrected chi connectivity index (χ4v) is 1.20. The Kier molecular flexibility index (Phi) is 12.8. The van der Waals surface area contributed by atoms with Crippen LogP contribution in [0.15, 0.2) is 12.3 Å².